The lowest BCUT2D eigenvalue weighted by Gasteiger charge is -2.09. The fraction of sp³-hybridized carbons (Fsp3) is 0.188. The Morgan fingerprint density at radius 2 is 2.04 bits per heavy atom. The van der Waals surface area contributed by atoms with Gasteiger partial charge >= 0.3 is 17.0 Å². The smallest absolute Gasteiger partial charge is 0.287 e. The molecule has 3 rings (SSSR count). The standard InChI is InChI=1S/C16H10F4N2O4S/c1-2-13(23)26-25-9-3-4-11-12(6-9)27-15(24)22(11)14-10(17)5-8(7-21-14)16(18,19)20/h3-7H,2H2,1H3. The van der Waals surface area contributed by atoms with E-state index in [1.807, 2.05) is 0 Å². The van der Waals surface area contributed by atoms with Crippen LogP contribution in [-0.2, 0) is 15.9 Å². The summed E-state index contributed by atoms with van der Waals surface area (Å²) in [4.78, 5) is 35.5. The van der Waals surface area contributed by atoms with Crippen molar-refractivity contribution in [2.24, 2.45) is 0 Å². The second kappa shape index (κ2) is 6.99. The van der Waals surface area contributed by atoms with Crippen molar-refractivity contribution in [2.75, 3.05) is 0 Å². The third kappa shape index (κ3) is 3.77. The highest BCUT2D eigenvalue weighted by Gasteiger charge is 2.32. The zero-order chi connectivity index (χ0) is 19.8. The van der Waals surface area contributed by atoms with E-state index < -0.39 is 34.2 Å². The van der Waals surface area contributed by atoms with Crippen molar-refractivity contribution in [2.45, 2.75) is 19.5 Å². The number of thiazole rings is 1. The van der Waals surface area contributed by atoms with E-state index in [-0.39, 0.29) is 23.8 Å². The highest BCUT2D eigenvalue weighted by molar-refractivity contribution is 7.16. The monoisotopic (exact) mass is 402 g/mol. The minimum absolute atomic E-state index is 0.102. The van der Waals surface area contributed by atoms with Gasteiger partial charge in [-0.05, 0) is 18.2 Å². The molecule has 6 nitrogen and oxygen atoms in total. The largest absolute Gasteiger partial charge is 0.417 e. The van der Waals surface area contributed by atoms with Crippen molar-refractivity contribution < 1.29 is 32.1 Å². The molecule has 142 valence electrons. The molecule has 0 atom stereocenters. The molecule has 1 aromatic carbocycles. The molecule has 0 unspecified atom stereocenters. The highest BCUT2D eigenvalue weighted by Crippen LogP contribution is 2.31. The molecule has 0 saturated heterocycles. The topological polar surface area (TPSA) is 70.4 Å². The molecule has 0 N–H and O–H groups in total. The number of carbonyl (C=O) groups is 1. The average Bonchev–Trinajstić information content (AvgIpc) is 2.93. The van der Waals surface area contributed by atoms with Gasteiger partial charge in [-0.2, -0.15) is 13.2 Å². The molecule has 2 heterocycles. The zero-order valence-electron chi connectivity index (χ0n) is 13.5. The van der Waals surface area contributed by atoms with E-state index in [9.17, 15) is 27.2 Å². The number of carbonyl (C=O) groups excluding carboxylic acids is 1. The first-order chi connectivity index (χ1) is 12.7. The molecule has 11 heteroatoms. The van der Waals surface area contributed by atoms with Crippen molar-refractivity contribution in [1.82, 2.24) is 9.55 Å². The van der Waals surface area contributed by atoms with Crippen LogP contribution in [0.5, 0.6) is 5.75 Å². The molecular formula is C16H10F4N2O4S. The van der Waals surface area contributed by atoms with Crippen LogP contribution in [0.25, 0.3) is 16.0 Å². The average molecular weight is 402 g/mol. The minimum Gasteiger partial charge on any atom is -0.287 e. The minimum atomic E-state index is -4.75. The van der Waals surface area contributed by atoms with Gasteiger partial charge in [-0.15, -0.1) is 0 Å². The van der Waals surface area contributed by atoms with E-state index in [1.54, 1.807) is 6.92 Å². The van der Waals surface area contributed by atoms with Crippen molar-refractivity contribution in [1.29, 1.82) is 0 Å². The summed E-state index contributed by atoms with van der Waals surface area (Å²) in [5.41, 5.74) is -1.05. The SMILES string of the molecule is CCC(=O)OOc1ccc2c(c1)sc(=O)n2-c1ncc(C(F)(F)F)cc1F. The molecule has 2 aromatic heterocycles. The number of rotatable bonds is 4. The normalized spacial score (nSPS) is 11.6. The van der Waals surface area contributed by atoms with Gasteiger partial charge in [0.05, 0.1) is 15.8 Å². The number of benzene rings is 1. The maximum absolute atomic E-state index is 14.2. The molecule has 0 aliphatic heterocycles. The van der Waals surface area contributed by atoms with Crippen molar-refractivity contribution in [3.05, 3.63) is 51.5 Å². The van der Waals surface area contributed by atoms with E-state index in [0.29, 0.717) is 22.2 Å². The lowest BCUT2D eigenvalue weighted by atomic mass is 10.2. The third-order valence-corrected chi connectivity index (χ3v) is 4.34. The van der Waals surface area contributed by atoms with Gasteiger partial charge in [0.1, 0.15) is 0 Å². The Morgan fingerprint density at radius 1 is 1.30 bits per heavy atom. The Hall–Kier alpha value is -2.95. The number of alkyl halides is 3. The van der Waals surface area contributed by atoms with Crippen LogP contribution in [0.4, 0.5) is 17.6 Å². The third-order valence-electron chi connectivity index (χ3n) is 3.43. The molecule has 0 amide bonds. The van der Waals surface area contributed by atoms with Crippen molar-refractivity contribution in [3.8, 4) is 11.6 Å². The Labute approximate surface area is 152 Å². The van der Waals surface area contributed by atoms with Crippen LogP contribution in [0.1, 0.15) is 18.9 Å². The quantitative estimate of drug-likeness (QED) is 0.377. The summed E-state index contributed by atoms with van der Waals surface area (Å²) in [7, 11) is 0. The van der Waals surface area contributed by atoms with Gasteiger partial charge in [-0.25, -0.2) is 18.7 Å². The molecule has 0 radical (unpaired) electrons. The fourth-order valence-corrected chi connectivity index (χ4v) is 3.06. The summed E-state index contributed by atoms with van der Waals surface area (Å²) >= 11 is 0.704. The van der Waals surface area contributed by atoms with Gasteiger partial charge in [0.15, 0.2) is 17.4 Å². The van der Waals surface area contributed by atoms with Gasteiger partial charge < -0.3 is 0 Å². The second-order valence-electron chi connectivity index (χ2n) is 5.25. The first kappa shape index (κ1) is 18.8. The summed E-state index contributed by atoms with van der Waals surface area (Å²) < 4.78 is 53.3. The Morgan fingerprint density at radius 3 is 2.67 bits per heavy atom. The first-order valence-electron chi connectivity index (χ1n) is 7.46. The number of hydrogen-bond acceptors (Lipinski definition) is 6. The maximum atomic E-state index is 14.2. The van der Waals surface area contributed by atoms with Gasteiger partial charge in [-0.1, -0.05) is 18.3 Å². The zero-order valence-corrected chi connectivity index (χ0v) is 14.4. The highest BCUT2D eigenvalue weighted by atomic mass is 32.1. The van der Waals surface area contributed by atoms with E-state index in [1.165, 1.54) is 18.2 Å². The summed E-state index contributed by atoms with van der Waals surface area (Å²) in [6, 6.07) is 4.39. The molecule has 0 saturated carbocycles. The van der Waals surface area contributed by atoms with Crippen LogP contribution in [0.2, 0.25) is 0 Å². The van der Waals surface area contributed by atoms with Crippen LogP contribution in [0, 0.1) is 5.82 Å². The predicted octanol–water partition coefficient (Wildman–Crippen LogP) is 3.85. The van der Waals surface area contributed by atoms with E-state index >= 15 is 0 Å². The summed E-state index contributed by atoms with van der Waals surface area (Å²) in [6.45, 7) is 1.58. The molecule has 27 heavy (non-hydrogen) atoms. The Balaban J connectivity index is 2.02. The number of fused-ring (bicyclic) bond motifs is 1. The van der Waals surface area contributed by atoms with Crippen molar-refractivity contribution >= 4 is 27.5 Å². The summed E-state index contributed by atoms with van der Waals surface area (Å²) in [5, 5.41) is 0. The first-order valence-corrected chi connectivity index (χ1v) is 8.28. The lowest BCUT2D eigenvalue weighted by Crippen LogP contribution is -2.15. The molecule has 0 spiro atoms. The van der Waals surface area contributed by atoms with Crippen LogP contribution < -0.4 is 9.76 Å². The number of hydrogen-bond donors (Lipinski definition) is 0. The molecule has 3 aromatic rings. The fourth-order valence-electron chi connectivity index (χ4n) is 2.16. The predicted molar refractivity (Wildman–Crippen MR) is 87.2 cm³/mol. The van der Waals surface area contributed by atoms with Crippen LogP contribution >= 0.6 is 11.3 Å². The Kier molecular flexibility index (Phi) is 4.87. The number of halogens is 4. The van der Waals surface area contributed by atoms with Crippen LogP contribution in [0.15, 0.2) is 35.3 Å². The molecule has 0 bridgehead atoms. The molecule has 0 fully saturated rings. The Bertz CT molecular complexity index is 1070. The van der Waals surface area contributed by atoms with Gasteiger partial charge in [0, 0.05) is 18.7 Å². The number of aromatic nitrogens is 2. The lowest BCUT2D eigenvalue weighted by molar-refractivity contribution is -0.213. The van der Waals surface area contributed by atoms with Crippen LogP contribution in [0.3, 0.4) is 0 Å². The number of pyridine rings is 1. The van der Waals surface area contributed by atoms with Crippen LogP contribution in [-0.4, -0.2) is 15.5 Å². The summed E-state index contributed by atoms with van der Waals surface area (Å²) in [5.74, 6) is -2.32. The van der Waals surface area contributed by atoms with E-state index in [4.69, 9.17) is 4.89 Å². The van der Waals surface area contributed by atoms with E-state index in [0.717, 1.165) is 4.57 Å². The van der Waals surface area contributed by atoms with Crippen molar-refractivity contribution in [3.63, 3.8) is 0 Å². The maximum Gasteiger partial charge on any atom is 0.417 e. The molecule has 0 aliphatic carbocycles. The summed E-state index contributed by atoms with van der Waals surface area (Å²) in [6.07, 6.45) is -4.20. The van der Waals surface area contributed by atoms with E-state index in [2.05, 4.69) is 9.87 Å². The molecular weight excluding hydrogens is 392 g/mol. The van der Waals surface area contributed by atoms with Gasteiger partial charge in [-0.3, -0.25) is 14.6 Å². The number of nitrogens with zero attached hydrogens (tertiary/aromatic N) is 2. The van der Waals surface area contributed by atoms with Gasteiger partial charge in [0.25, 0.3) is 0 Å². The molecule has 0 aliphatic rings. The van der Waals surface area contributed by atoms with Gasteiger partial charge in [0.2, 0.25) is 0 Å². The second-order valence-corrected chi connectivity index (χ2v) is 6.25.